The molecule has 1 rings (SSSR count). The molecular formula is C12H20N2O4S. The van der Waals surface area contributed by atoms with Crippen LogP contribution in [0.1, 0.15) is 17.0 Å². The third-order valence-electron chi connectivity index (χ3n) is 2.61. The van der Waals surface area contributed by atoms with E-state index in [-0.39, 0.29) is 18.6 Å². The number of hydrogen-bond acceptors (Lipinski definition) is 6. The number of hydrogen-bond donors (Lipinski definition) is 2. The standard InChI is InChI=1S/C12H20N2O4S/c1-8-11(9(2)18-14-8)6-19-7-12(16)13-10(4-15)5-17-3/h10,15H,4-7H2,1-3H3,(H,13,16). The van der Waals surface area contributed by atoms with Crippen LogP contribution in [0.4, 0.5) is 0 Å². The fourth-order valence-electron chi connectivity index (χ4n) is 1.56. The lowest BCUT2D eigenvalue weighted by Crippen LogP contribution is -2.41. The number of nitrogens with one attached hydrogen (secondary N) is 1. The number of aliphatic hydroxyl groups is 1. The van der Waals surface area contributed by atoms with Gasteiger partial charge in [0.2, 0.25) is 5.91 Å². The molecular weight excluding hydrogens is 268 g/mol. The summed E-state index contributed by atoms with van der Waals surface area (Å²) < 4.78 is 9.94. The molecule has 0 saturated heterocycles. The summed E-state index contributed by atoms with van der Waals surface area (Å²) in [6.07, 6.45) is 0. The zero-order valence-corrected chi connectivity index (χ0v) is 12.2. The van der Waals surface area contributed by atoms with Crippen molar-refractivity contribution in [1.29, 1.82) is 0 Å². The van der Waals surface area contributed by atoms with Crippen molar-refractivity contribution in [2.24, 2.45) is 0 Å². The number of carbonyl (C=O) groups excluding carboxylic acids is 1. The van der Waals surface area contributed by atoms with Crippen LogP contribution in [0.2, 0.25) is 0 Å². The molecule has 0 fully saturated rings. The Morgan fingerprint density at radius 3 is 2.84 bits per heavy atom. The van der Waals surface area contributed by atoms with E-state index in [1.165, 1.54) is 18.9 Å². The Morgan fingerprint density at radius 1 is 1.58 bits per heavy atom. The predicted octanol–water partition coefficient (Wildman–Crippen LogP) is 0.648. The maximum absolute atomic E-state index is 11.6. The number of amides is 1. The fourth-order valence-corrected chi connectivity index (χ4v) is 2.55. The minimum absolute atomic E-state index is 0.118. The van der Waals surface area contributed by atoms with Crippen LogP contribution in [0.25, 0.3) is 0 Å². The Kier molecular flexibility index (Phi) is 6.90. The Labute approximate surface area is 116 Å². The van der Waals surface area contributed by atoms with Crippen LogP contribution in [-0.4, -0.2) is 48.3 Å². The van der Waals surface area contributed by atoms with Gasteiger partial charge in [-0.05, 0) is 13.8 Å². The van der Waals surface area contributed by atoms with Gasteiger partial charge in [0.25, 0.3) is 0 Å². The van der Waals surface area contributed by atoms with Crippen molar-refractivity contribution in [3.63, 3.8) is 0 Å². The monoisotopic (exact) mass is 288 g/mol. The first-order valence-corrected chi connectivity index (χ1v) is 7.12. The second-order valence-electron chi connectivity index (χ2n) is 4.20. The number of methoxy groups -OCH3 is 1. The van der Waals surface area contributed by atoms with Crippen molar-refractivity contribution in [2.75, 3.05) is 26.1 Å². The molecule has 1 aromatic heterocycles. The number of thioether (sulfide) groups is 1. The first-order valence-electron chi connectivity index (χ1n) is 5.97. The van der Waals surface area contributed by atoms with Crippen molar-refractivity contribution < 1.29 is 19.2 Å². The van der Waals surface area contributed by atoms with E-state index in [0.717, 1.165) is 17.0 Å². The molecule has 0 radical (unpaired) electrons. The van der Waals surface area contributed by atoms with Crippen molar-refractivity contribution in [2.45, 2.75) is 25.6 Å². The van der Waals surface area contributed by atoms with E-state index in [0.29, 0.717) is 18.1 Å². The number of aliphatic hydroxyl groups excluding tert-OH is 1. The molecule has 0 aliphatic carbocycles. The van der Waals surface area contributed by atoms with E-state index < -0.39 is 0 Å². The van der Waals surface area contributed by atoms with Crippen LogP contribution in [0, 0.1) is 13.8 Å². The van der Waals surface area contributed by atoms with E-state index in [2.05, 4.69) is 10.5 Å². The van der Waals surface area contributed by atoms with Gasteiger partial charge in [0.05, 0.1) is 30.7 Å². The quantitative estimate of drug-likeness (QED) is 0.730. The van der Waals surface area contributed by atoms with Crippen LogP contribution in [0.3, 0.4) is 0 Å². The summed E-state index contributed by atoms with van der Waals surface area (Å²) in [5.74, 6) is 1.68. The Morgan fingerprint density at radius 2 is 2.32 bits per heavy atom. The second kappa shape index (κ2) is 8.19. The Balaban J connectivity index is 2.31. The van der Waals surface area contributed by atoms with E-state index in [4.69, 9.17) is 14.4 Å². The van der Waals surface area contributed by atoms with E-state index >= 15 is 0 Å². The van der Waals surface area contributed by atoms with E-state index in [9.17, 15) is 4.79 Å². The van der Waals surface area contributed by atoms with Gasteiger partial charge in [0.15, 0.2) is 0 Å². The highest BCUT2D eigenvalue weighted by Crippen LogP contribution is 2.19. The fraction of sp³-hybridized carbons (Fsp3) is 0.667. The van der Waals surface area contributed by atoms with Crippen LogP contribution in [-0.2, 0) is 15.3 Å². The molecule has 0 spiro atoms. The number of ether oxygens (including phenoxy) is 1. The topological polar surface area (TPSA) is 84.6 Å². The lowest BCUT2D eigenvalue weighted by atomic mass is 10.2. The molecule has 2 N–H and O–H groups in total. The summed E-state index contributed by atoms with van der Waals surface area (Å²) in [6.45, 7) is 3.91. The molecule has 0 aromatic carbocycles. The normalized spacial score (nSPS) is 12.4. The van der Waals surface area contributed by atoms with Crippen molar-refractivity contribution in [3.8, 4) is 0 Å². The Bertz CT molecular complexity index is 389. The lowest BCUT2D eigenvalue weighted by molar-refractivity contribution is -0.120. The minimum Gasteiger partial charge on any atom is -0.394 e. The average molecular weight is 288 g/mol. The number of nitrogens with zero attached hydrogens (tertiary/aromatic N) is 1. The van der Waals surface area contributed by atoms with Gasteiger partial charge in [0.1, 0.15) is 5.76 Å². The SMILES string of the molecule is COCC(CO)NC(=O)CSCc1c(C)noc1C. The maximum Gasteiger partial charge on any atom is 0.230 e. The van der Waals surface area contributed by atoms with Gasteiger partial charge in [-0.3, -0.25) is 4.79 Å². The van der Waals surface area contributed by atoms with Crippen LogP contribution < -0.4 is 5.32 Å². The highest BCUT2D eigenvalue weighted by atomic mass is 32.2. The highest BCUT2D eigenvalue weighted by Gasteiger charge is 2.13. The number of rotatable bonds is 8. The van der Waals surface area contributed by atoms with Gasteiger partial charge in [-0.2, -0.15) is 0 Å². The third-order valence-corrected chi connectivity index (χ3v) is 3.57. The predicted molar refractivity (Wildman–Crippen MR) is 73.0 cm³/mol. The van der Waals surface area contributed by atoms with Gasteiger partial charge in [-0.25, -0.2) is 0 Å². The molecule has 1 unspecified atom stereocenters. The third kappa shape index (κ3) is 5.22. The Hall–Kier alpha value is -1.05. The zero-order valence-electron chi connectivity index (χ0n) is 11.4. The van der Waals surface area contributed by atoms with Crippen molar-refractivity contribution >= 4 is 17.7 Å². The molecule has 1 amide bonds. The van der Waals surface area contributed by atoms with Crippen LogP contribution in [0.15, 0.2) is 4.52 Å². The largest absolute Gasteiger partial charge is 0.394 e. The lowest BCUT2D eigenvalue weighted by Gasteiger charge is -2.14. The van der Waals surface area contributed by atoms with E-state index in [1.54, 1.807) is 0 Å². The van der Waals surface area contributed by atoms with Crippen molar-refractivity contribution in [1.82, 2.24) is 10.5 Å². The molecule has 7 heteroatoms. The smallest absolute Gasteiger partial charge is 0.230 e. The number of aryl methyl sites for hydroxylation is 2. The molecule has 1 aromatic rings. The zero-order chi connectivity index (χ0) is 14.3. The maximum atomic E-state index is 11.6. The summed E-state index contributed by atoms with van der Waals surface area (Å²) in [6, 6.07) is -0.350. The molecule has 0 aliphatic rings. The minimum atomic E-state index is -0.350. The molecule has 0 aliphatic heterocycles. The first kappa shape index (κ1) is 16.0. The van der Waals surface area contributed by atoms with Crippen LogP contribution >= 0.6 is 11.8 Å². The summed E-state index contributed by atoms with van der Waals surface area (Å²) in [5, 5.41) is 15.6. The van der Waals surface area contributed by atoms with Gasteiger partial charge in [-0.1, -0.05) is 5.16 Å². The van der Waals surface area contributed by atoms with Gasteiger partial charge >= 0.3 is 0 Å². The molecule has 1 heterocycles. The molecule has 19 heavy (non-hydrogen) atoms. The number of aromatic nitrogens is 1. The van der Waals surface area contributed by atoms with Crippen molar-refractivity contribution in [3.05, 3.63) is 17.0 Å². The molecule has 0 bridgehead atoms. The summed E-state index contributed by atoms with van der Waals surface area (Å²) in [7, 11) is 1.53. The first-order chi connectivity index (χ1) is 9.08. The number of carbonyl (C=O) groups is 1. The molecule has 0 saturated carbocycles. The van der Waals surface area contributed by atoms with Crippen LogP contribution in [0.5, 0.6) is 0 Å². The van der Waals surface area contributed by atoms with E-state index in [1.807, 2.05) is 13.8 Å². The average Bonchev–Trinajstić information content (AvgIpc) is 2.69. The second-order valence-corrected chi connectivity index (χ2v) is 5.18. The summed E-state index contributed by atoms with van der Waals surface area (Å²) in [4.78, 5) is 11.6. The highest BCUT2D eigenvalue weighted by molar-refractivity contribution is 7.99. The molecule has 108 valence electrons. The van der Waals surface area contributed by atoms with Gasteiger partial charge in [-0.15, -0.1) is 11.8 Å². The van der Waals surface area contributed by atoms with Gasteiger partial charge in [0, 0.05) is 18.4 Å². The molecule has 6 nitrogen and oxygen atoms in total. The summed E-state index contributed by atoms with van der Waals surface area (Å²) in [5.41, 5.74) is 1.89. The summed E-state index contributed by atoms with van der Waals surface area (Å²) >= 11 is 1.48. The van der Waals surface area contributed by atoms with Gasteiger partial charge < -0.3 is 19.7 Å². The molecule has 1 atom stereocenters.